The van der Waals surface area contributed by atoms with Gasteiger partial charge >= 0.3 is 0 Å². The molecule has 1 aliphatic heterocycles. The van der Waals surface area contributed by atoms with Crippen molar-refractivity contribution in [2.45, 2.75) is 39.7 Å². The van der Waals surface area contributed by atoms with Crippen LogP contribution in [0.5, 0.6) is 0 Å². The van der Waals surface area contributed by atoms with E-state index in [1.807, 2.05) is 20.8 Å². The van der Waals surface area contributed by atoms with Gasteiger partial charge in [-0.2, -0.15) is 0 Å². The van der Waals surface area contributed by atoms with Gasteiger partial charge in [0.2, 0.25) is 5.91 Å². The molecule has 0 radical (unpaired) electrons. The molecule has 1 atom stereocenters. The van der Waals surface area contributed by atoms with E-state index in [1.165, 1.54) is 12.1 Å². The summed E-state index contributed by atoms with van der Waals surface area (Å²) in [5, 5.41) is 4.06. The van der Waals surface area contributed by atoms with Crippen molar-refractivity contribution in [3.05, 3.63) is 48.3 Å². The average Bonchev–Trinajstić information content (AvgIpc) is 2.93. The number of carbonyl (C=O) groups is 1. The van der Waals surface area contributed by atoms with Crippen LogP contribution in [0.15, 0.2) is 42.1 Å². The molecular weight excluding hydrogens is 307 g/mol. The van der Waals surface area contributed by atoms with E-state index < -0.39 is 0 Å². The van der Waals surface area contributed by atoms with E-state index in [1.54, 1.807) is 23.1 Å². The lowest BCUT2D eigenvalue weighted by Crippen LogP contribution is -2.39. The van der Waals surface area contributed by atoms with E-state index in [0.717, 1.165) is 0 Å². The number of benzene rings is 1. The summed E-state index contributed by atoms with van der Waals surface area (Å²) in [5.74, 6) is -0.225. The van der Waals surface area contributed by atoms with E-state index in [9.17, 15) is 9.18 Å². The van der Waals surface area contributed by atoms with Crippen molar-refractivity contribution < 1.29 is 14.0 Å². The van der Waals surface area contributed by atoms with Crippen LogP contribution in [0.1, 0.15) is 39.2 Å². The molecule has 1 heterocycles. The van der Waals surface area contributed by atoms with Crippen LogP contribution in [0.25, 0.3) is 0 Å². The summed E-state index contributed by atoms with van der Waals surface area (Å²) in [6.07, 6.45) is 2.52. The number of oxime groups is 1. The highest BCUT2D eigenvalue weighted by molar-refractivity contribution is 6.01. The van der Waals surface area contributed by atoms with Crippen LogP contribution >= 0.6 is 0 Å². The zero-order valence-electron chi connectivity index (χ0n) is 14.6. The van der Waals surface area contributed by atoms with Gasteiger partial charge in [-0.1, -0.05) is 44.1 Å². The summed E-state index contributed by atoms with van der Waals surface area (Å²) in [7, 11) is 0. The second kappa shape index (κ2) is 7.60. The monoisotopic (exact) mass is 332 g/mol. The molecule has 130 valence electrons. The molecule has 0 spiro atoms. The van der Waals surface area contributed by atoms with Crippen molar-refractivity contribution in [2.75, 3.05) is 13.1 Å². The molecule has 1 unspecified atom stereocenters. The normalized spacial score (nSPS) is 17.2. The quantitative estimate of drug-likeness (QED) is 0.744. The van der Waals surface area contributed by atoms with E-state index in [2.05, 4.69) is 11.7 Å². The van der Waals surface area contributed by atoms with Gasteiger partial charge in [0.15, 0.2) is 6.10 Å². The Morgan fingerprint density at radius 2 is 2.25 bits per heavy atom. The number of nitrogens with zero attached hydrogens (tertiary/aromatic N) is 2. The Balaban J connectivity index is 1.97. The van der Waals surface area contributed by atoms with Gasteiger partial charge in [-0.05, 0) is 17.5 Å². The van der Waals surface area contributed by atoms with Gasteiger partial charge in [-0.15, -0.1) is 6.58 Å². The molecule has 2 rings (SSSR count). The van der Waals surface area contributed by atoms with Gasteiger partial charge in [0.05, 0.1) is 12.3 Å². The molecule has 0 aromatic heterocycles. The standard InChI is InChI=1S/C19H25FN2O2/c1-5-9-22(18(23)12-19(2,3)4)13-16-11-17(21-24-16)14-7-6-8-15(20)10-14/h5-8,10,16H,1,9,11-13H2,2-4H3. The molecule has 1 aromatic rings. The molecule has 1 aromatic carbocycles. The summed E-state index contributed by atoms with van der Waals surface area (Å²) in [6.45, 7) is 10.8. The second-order valence-electron chi connectivity index (χ2n) is 7.30. The van der Waals surface area contributed by atoms with Crippen molar-refractivity contribution in [3.63, 3.8) is 0 Å². The number of hydrogen-bond donors (Lipinski definition) is 0. The molecule has 24 heavy (non-hydrogen) atoms. The number of amides is 1. The summed E-state index contributed by atoms with van der Waals surface area (Å²) in [5.41, 5.74) is 1.35. The molecule has 0 aliphatic carbocycles. The Hall–Kier alpha value is -2.17. The molecule has 0 saturated carbocycles. The van der Waals surface area contributed by atoms with Crippen molar-refractivity contribution >= 4 is 11.6 Å². The van der Waals surface area contributed by atoms with E-state index >= 15 is 0 Å². The summed E-state index contributed by atoms with van der Waals surface area (Å²) < 4.78 is 13.3. The first kappa shape index (κ1) is 18.2. The predicted molar refractivity (Wildman–Crippen MR) is 93.3 cm³/mol. The molecule has 0 N–H and O–H groups in total. The smallest absolute Gasteiger partial charge is 0.223 e. The maximum Gasteiger partial charge on any atom is 0.223 e. The third-order valence-corrected chi connectivity index (χ3v) is 3.70. The number of carbonyl (C=O) groups excluding carboxylic acids is 1. The minimum Gasteiger partial charge on any atom is -0.390 e. The second-order valence-corrected chi connectivity index (χ2v) is 7.30. The third kappa shape index (κ3) is 5.18. The molecule has 1 aliphatic rings. The largest absolute Gasteiger partial charge is 0.390 e. The highest BCUT2D eigenvalue weighted by Crippen LogP contribution is 2.22. The maximum absolute atomic E-state index is 13.3. The van der Waals surface area contributed by atoms with E-state index in [0.29, 0.717) is 37.2 Å². The van der Waals surface area contributed by atoms with Crippen LogP contribution < -0.4 is 0 Å². The molecule has 0 fully saturated rings. The number of halogens is 1. The fraction of sp³-hybridized carbons (Fsp3) is 0.474. The van der Waals surface area contributed by atoms with Crippen molar-refractivity contribution in [1.82, 2.24) is 4.90 Å². The van der Waals surface area contributed by atoms with Crippen molar-refractivity contribution in [2.24, 2.45) is 10.6 Å². The summed E-state index contributed by atoms with van der Waals surface area (Å²) >= 11 is 0. The lowest BCUT2D eigenvalue weighted by Gasteiger charge is -2.27. The minimum atomic E-state index is -0.299. The van der Waals surface area contributed by atoms with Crippen LogP contribution in [0.4, 0.5) is 4.39 Å². The van der Waals surface area contributed by atoms with Crippen LogP contribution in [0.3, 0.4) is 0 Å². The highest BCUT2D eigenvalue weighted by Gasteiger charge is 2.28. The maximum atomic E-state index is 13.3. The molecular formula is C19H25FN2O2. The zero-order chi connectivity index (χ0) is 17.7. The van der Waals surface area contributed by atoms with Gasteiger partial charge in [-0.3, -0.25) is 4.79 Å². The lowest BCUT2D eigenvalue weighted by molar-refractivity contribution is -0.134. The Morgan fingerprint density at radius 3 is 2.88 bits per heavy atom. The molecule has 1 amide bonds. The van der Waals surface area contributed by atoms with Crippen LogP contribution in [0, 0.1) is 11.2 Å². The topological polar surface area (TPSA) is 41.9 Å². The zero-order valence-corrected chi connectivity index (χ0v) is 14.6. The first-order valence-corrected chi connectivity index (χ1v) is 8.16. The van der Waals surface area contributed by atoms with Gasteiger partial charge in [0.25, 0.3) is 0 Å². The third-order valence-electron chi connectivity index (χ3n) is 3.70. The van der Waals surface area contributed by atoms with Crippen LogP contribution in [0.2, 0.25) is 0 Å². The minimum absolute atomic E-state index is 0.0732. The van der Waals surface area contributed by atoms with E-state index in [-0.39, 0.29) is 23.2 Å². The van der Waals surface area contributed by atoms with Crippen molar-refractivity contribution in [3.8, 4) is 0 Å². The average molecular weight is 332 g/mol. The highest BCUT2D eigenvalue weighted by atomic mass is 19.1. The summed E-state index contributed by atoms with van der Waals surface area (Å²) in [4.78, 5) is 19.7. The van der Waals surface area contributed by atoms with Crippen LogP contribution in [-0.4, -0.2) is 35.7 Å². The fourth-order valence-corrected chi connectivity index (χ4v) is 2.61. The predicted octanol–water partition coefficient (Wildman–Crippen LogP) is 3.77. The van der Waals surface area contributed by atoms with Gasteiger partial charge in [0.1, 0.15) is 5.82 Å². The van der Waals surface area contributed by atoms with Crippen LogP contribution in [-0.2, 0) is 9.63 Å². The molecule has 5 heteroatoms. The Kier molecular flexibility index (Phi) is 5.75. The first-order chi connectivity index (χ1) is 11.3. The first-order valence-electron chi connectivity index (χ1n) is 8.16. The van der Waals surface area contributed by atoms with Gasteiger partial charge in [0, 0.05) is 24.9 Å². The fourth-order valence-electron chi connectivity index (χ4n) is 2.61. The van der Waals surface area contributed by atoms with Crippen molar-refractivity contribution in [1.29, 1.82) is 0 Å². The Bertz CT molecular complexity index is 634. The lowest BCUT2D eigenvalue weighted by atomic mass is 9.91. The molecule has 4 nitrogen and oxygen atoms in total. The molecule has 0 bridgehead atoms. The number of rotatable bonds is 6. The van der Waals surface area contributed by atoms with E-state index in [4.69, 9.17) is 4.84 Å². The van der Waals surface area contributed by atoms with Gasteiger partial charge in [-0.25, -0.2) is 4.39 Å². The Labute approximate surface area is 143 Å². The van der Waals surface area contributed by atoms with Gasteiger partial charge < -0.3 is 9.74 Å². The summed E-state index contributed by atoms with van der Waals surface area (Å²) in [6, 6.07) is 6.29. The Morgan fingerprint density at radius 1 is 1.50 bits per heavy atom. The number of hydrogen-bond acceptors (Lipinski definition) is 3. The molecule has 0 saturated heterocycles. The SMILES string of the molecule is C=CCN(CC1CC(c2cccc(F)c2)=NO1)C(=O)CC(C)(C)C.